The van der Waals surface area contributed by atoms with Crippen molar-refractivity contribution in [1.82, 2.24) is 31.9 Å². The highest BCUT2D eigenvalue weighted by atomic mass is 16.5. The minimum Gasteiger partial charge on any atom is -0.481 e. The molecular weight excluding hydrogens is 1050 g/mol. The SMILES string of the molecule is CC(=O)C(N)CCCCNC(=O)COCCOCCNC(=O)COCCOCCNC(=O)CC[C@H](NC(=O)CC[C@H](NC(=O)CCC(NC(=O)CCCCCCCCCCCCCCCCCCC(=O)O)C(=O)O)C(=O)O)C(=O)O. The summed E-state index contributed by atoms with van der Waals surface area (Å²) in [4.78, 5) is 131. The van der Waals surface area contributed by atoms with Crippen molar-refractivity contribution < 1.29 is 92.1 Å². The number of aliphatic carboxylic acids is 4. The first-order valence-electron chi connectivity index (χ1n) is 28.5. The van der Waals surface area contributed by atoms with Gasteiger partial charge in [-0.2, -0.15) is 0 Å². The number of nitrogens with two attached hydrogens (primary N) is 1. The highest BCUT2D eigenvalue weighted by Crippen LogP contribution is 2.15. The molecule has 0 radical (unpaired) electrons. The van der Waals surface area contributed by atoms with Crippen molar-refractivity contribution in [3.63, 3.8) is 0 Å². The van der Waals surface area contributed by atoms with Crippen molar-refractivity contribution in [3.05, 3.63) is 0 Å². The van der Waals surface area contributed by atoms with Gasteiger partial charge < -0.3 is 77.0 Å². The third-order valence-electron chi connectivity index (χ3n) is 12.6. The van der Waals surface area contributed by atoms with Crippen molar-refractivity contribution in [2.75, 3.05) is 72.5 Å². The molecule has 0 rings (SSSR count). The monoisotopic (exact) mass is 1150 g/mol. The Morgan fingerprint density at radius 2 is 0.675 bits per heavy atom. The quantitative estimate of drug-likeness (QED) is 0.0390. The molecule has 12 N–H and O–H groups in total. The zero-order valence-electron chi connectivity index (χ0n) is 47.2. The molecular formula is C54H95N7O19. The van der Waals surface area contributed by atoms with E-state index >= 15 is 0 Å². The molecule has 2 unspecified atom stereocenters. The fourth-order valence-electron chi connectivity index (χ4n) is 7.84. The van der Waals surface area contributed by atoms with Gasteiger partial charge in [-0.05, 0) is 58.3 Å². The van der Waals surface area contributed by atoms with E-state index in [1.165, 1.54) is 45.4 Å². The summed E-state index contributed by atoms with van der Waals surface area (Å²) in [5.41, 5.74) is 5.67. The van der Waals surface area contributed by atoms with Crippen molar-refractivity contribution in [2.45, 2.75) is 204 Å². The molecule has 0 aromatic heterocycles. The second-order valence-electron chi connectivity index (χ2n) is 19.6. The Morgan fingerprint density at radius 3 is 1.05 bits per heavy atom. The van der Waals surface area contributed by atoms with Crippen LogP contribution in [-0.4, -0.2) is 182 Å². The molecule has 0 spiro atoms. The highest BCUT2D eigenvalue weighted by Gasteiger charge is 2.26. The second-order valence-corrected chi connectivity index (χ2v) is 19.6. The number of amides is 6. The minimum absolute atomic E-state index is 0.0639. The van der Waals surface area contributed by atoms with E-state index in [0.29, 0.717) is 25.8 Å². The fourth-order valence-corrected chi connectivity index (χ4v) is 7.84. The van der Waals surface area contributed by atoms with Gasteiger partial charge in [0, 0.05) is 51.7 Å². The van der Waals surface area contributed by atoms with Crippen LogP contribution < -0.4 is 37.6 Å². The van der Waals surface area contributed by atoms with Crippen LogP contribution in [0.5, 0.6) is 0 Å². The summed E-state index contributed by atoms with van der Waals surface area (Å²) in [6.45, 7) is 2.73. The largest absolute Gasteiger partial charge is 0.481 e. The zero-order chi connectivity index (χ0) is 59.6. The summed E-state index contributed by atoms with van der Waals surface area (Å²) < 4.78 is 21.2. The van der Waals surface area contributed by atoms with Crippen LogP contribution in [0, 0.1) is 0 Å². The van der Waals surface area contributed by atoms with Crippen LogP contribution in [0.2, 0.25) is 0 Å². The number of ketones is 1. The Morgan fingerprint density at radius 1 is 0.350 bits per heavy atom. The van der Waals surface area contributed by atoms with E-state index in [0.717, 1.165) is 64.2 Å². The van der Waals surface area contributed by atoms with Gasteiger partial charge in [-0.15, -0.1) is 0 Å². The number of carboxylic acid groups (broad SMARTS) is 4. The first-order valence-corrected chi connectivity index (χ1v) is 28.5. The van der Waals surface area contributed by atoms with Gasteiger partial charge in [0.05, 0.1) is 45.7 Å². The molecule has 4 atom stereocenters. The lowest BCUT2D eigenvalue weighted by Crippen LogP contribution is -2.45. The van der Waals surface area contributed by atoms with Gasteiger partial charge in [0.25, 0.3) is 0 Å². The smallest absolute Gasteiger partial charge is 0.326 e. The molecule has 0 heterocycles. The highest BCUT2D eigenvalue weighted by molar-refractivity contribution is 5.87. The molecule has 0 aliphatic heterocycles. The normalized spacial score (nSPS) is 12.5. The fraction of sp³-hybridized carbons (Fsp3) is 0.796. The van der Waals surface area contributed by atoms with Crippen LogP contribution in [0.15, 0.2) is 0 Å². The number of ether oxygens (including phenoxy) is 4. The van der Waals surface area contributed by atoms with Gasteiger partial charge in [0.1, 0.15) is 37.1 Å². The first kappa shape index (κ1) is 74.2. The lowest BCUT2D eigenvalue weighted by molar-refractivity contribution is -0.144. The Bertz CT molecular complexity index is 1810. The van der Waals surface area contributed by atoms with Gasteiger partial charge in [-0.1, -0.05) is 89.9 Å². The number of nitrogens with one attached hydrogen (secondary N) is 6. The lowest BCUT2D eigenvalue weighted by atomic mass is 10.0. The van der Waals surface area contributed by atoms with Gasteiger partial charge in [-0.3, -0.25) is 38.4 Å². The molecule has 0 aliphatic rings. The Kier molecular flexibility index (Phi) is 46.5. The zero-order valence-corrected chi connectivity index (χ0v) is 47.2. The number of carboxylic acids is 4. The summed E-state index contributed by atoms with van der Waals surface area (Å²) in [5.74, 6) is -8.40. The third-order valence-corrected chi connectivity index (χ3v) is 12.6. The second kappa shape index (κ2) is 50.2. The summed E-state index contributed by atoms with van der Waals surface area (Å²) in [5, 5.41) is 52.4. The molecule has 26 heteroatoms. The van der Waals surface area contributed by atoms with Crippen molar-refractivity contribution in [2.24, 2.45) is 5.73 Å². The number of carbonyl (C=O) groups is 11. The third kappa shape index (κ3) is 47.0. The van der Waals surface area contributed by atoms with E-state index in [1.54, 1.807) is 0 Å². The number of unbranched alkanes of at least 4 members (excludes halogenated alkanes) is 16. The maximum atomic E-state index is 12.6. The van der Waals surface area contributed by atoms with Gasteiger partial charge in [0.2, 0.25) is 35.4 Å². The van der Waals surface area contributed by atoms with Crippen LogP contribution in [0.4, 0.5) is 0 Å². The predicted molar refractivity (Wildman–Crippen MR) is 292 cm³/mol. The first-order chi connectivity index (χ1) is 38.3. The van der Waals surface area contributed by atoms with Gasteiger partial charge in [-0.25, -0.2) is 14.4 Å². The summed E-state index contributed by atoms with van der Waals surface area (Å²) in [6, 6.07) is -4.91. The Hall–Kier alpha value is -5.83. The Balaban J connectivity index is 4.13. The molecule has 0 aromatic rings. The number of hydrogen-bond acceptors (Lipinski definition) is 16. The molecule has 0 aliphatic carbocycles. The van der Waals surface area contributed by atoms with Gasteiger partial charge in [0.15, 0.2) is 0 Å². The standard InChI is InChI=1S/C54H95N7O19/c1-40(62)41(55)20-18-19-29-56-49(67)38-79-36-35-78-33-31-58-50(68)39-80-37-34-77-32-30-57-45(63)26-23-42(52(71)72)60-47(65)28-25-44(54(75)76)61-48(66)27-24-43(53(73)74)59-46(64)21-16-14-12-10-8-6-4-2-3-5-7-9-11-13-15-17-22-51(69)70/h41-44H,2-39,55H2,1H3,(H,56,67)(H,57,63)(H,58,68)(H,59,64)(H,60,65)(H,61,66)(H,69,70)(H,71,72)(H,73,74)(H,75,76)/t41?,42-,43?,44-/m0/s1. The van der Waals surface area contributed by atoms with E-state index in [1.807, 2.05) is 0 Å². The molecule has 80 heavy (non-hydrogen) atoms. The van der Waals surface area contributed by atoms with Crippen LogP contribution in [-0.2, 0) is 71.7 Å². The average molecular weight is 1150 g/mol. The van der Waals surface area contributed by atoms with Crippen molar-refractivity contribution >= 4 is 65.1 Å². The van der Waals surface area contributed by atoms with E-state index in [-0.39, 0.29) is 116 Å². The molecule has 0 bridgehead atoms. The maximum absolute atomic E-state index is 12.6. The van der Waals surface area contributed by atoms with Crippen LogP contribution >= 0.6 is 0 Å². The molecule has 0 saturated heterocycles. The summed E-state index contributed by atoms with van der Waals surface area (Å²) in [7, 11) is 0. The molecule has 0 aromatic carbocycles. The van der Waals surface area contributed by atoms with E-state index in [2.05, 4.69) is 31.9 Å². The number of Topliss-reactive ketones (excluding diaryl/α,β-unsaturated/α-hetero) is 1. The molecule has 460 valence electrons. The molecule has 6 amide bonds. The van der Waals surface area contributed by atoms with Crippen LogP contribution in [0.25, 0.3) is 0 Å². The molecule has 26 nitrogen and oxygen atoms in total. The molecule has 0 saturated carbocycles. The summed E-state index contributed by atoms with van der Waals surface area (Å²) in [6.07, 6.45) is 17.0. The maximum Gasteiger partial charge on any atom is 0.326 e. The molecule has 0 fully saturated rings. The number of rotatable bonds is 56. The average Bonchev–Trinajstić information content (AvgIpc) is 3.40. The van der Waals surface area contributed by atoms with E-state index in [9.17, 15) is 68.1 Å². The topological polar surface area (TPSA) is 404 Å². The summed E-state index contributed by atoms with van der Waals surface area (Å²) >= 11 is 0. The number of carbonyl (C=O) groups excluding carboxylic acids is 7. The predicted octanol–water partition coefficient (Wildman–Crippen LogP) is 2.64. The minimum atomic E-state index is -1.57. The van der Waals surface area contributed by atoms with Crippen LogP contribution in [0.3, 0.4) is 0 Å². The number of hydrogen-bond donors (Lipinski definition) is 11. The van der Waals surface area contributed by atoms with Crippen molar-refractivity contribution in [3.8, 4) is 0 Å². The van der Waals surface area contributed by atoms with Crippen molar-refractivity contribution in [1.29, 1.82) is 0 Å². The van der Waals surface area contributed by atoms with E-state index < -0.39 is 90.9 Å². The van der Waals surface area contributed by atoms with Crippen LogP contribution in [0.1, 0.15) is 180 Å². The van der Waals surface area contributed by atoms with Gasteiger partial charge >= 0.3 is 23.9 Å². The lowest BCUT2D eigenvalue weighted by Gasteiger charge is -2.18. The van der Waals surface area contributed by atoms with E-state index in [4.69, 9.17) is 29.8 Å². The Labute approximate surface area is 470 Å².